The van der Waals surface area contributed by atoms with Crippen LogP contribution in [0.3, 0.4) is 0 Å². The molecule has 0 aliphatic rings. The highest BCUT2D eigenvalue weighted by atomic mass is 16.5. The average molecular weight is 343 g/mol. The molecule has 0 saturated carbocycles. The summed E-state index contributed by atoms with van der Waals surface area (Å²) < 4.78 is 9.95. The van der Waals surface area contributed by atoms with E-state index in [1.54, 1.807) is 7.11 Å². The van der Waals surface area contributed by atoms with E-state index in [0.717, 1.165) is 6.54 Å². The van der Waals surface area contributed by atoms with Gasteiger partial charge in [0, 0.05) is 18.2 Å². The van der Waals surface area contributed by atoms with Gasteiger partial charge >= 0.3 is 0 Å². The standard InChI is InChI=1S/C23H23N2O/c1-26-17-16-24-18-25(22-15-9-8-14-21(22)24)23(19-10-4-2-5-11-19)20-12-6-3-7-13-20/h2-15,18,23H,16-17H2,1H3/q+1. The van der Waals surface area contributed by atoms with Crippen LogP contribution < -0.4 is 4.57 Å². The molecule has 0 unspecified atom stereocenters. The summed E-state index contributed by atoms with van der Waals surface area (Å²) in [5, 5.41) is 0. The van der Waals surface area contributed by atoms with Gasteiger partial charge in [0.2, 0.25) is 6.33 Å². The van der Waals surface area contributed by atoms with Gasteiger partial charge in [0.1, 0.15) is 6.54 Å². The topological polar surface area (TPSA) is 18.0 Å². The molecule has 3 aromatic carbocycles. The van der Waals surface area contributed by atoms with E-state index in [4.69, 9.17) is 4.74 Å². The second-order valence-corrected chi connectivity index (χ2v) is 6.42. The van der Waals surface area contributed by atoms with E-state index < -0.39 is 0 Å². The Labute approximate surface area is 154 Å². The summed E-state index contributed by atoms with van der Waals surface area (Å²) in [4.78, 5) is 0. The summed E-state index contributed by atoms with van der Waals surface area (Å²) in [6.45, 7) is 1.53. The molecule has 3 nitrogen and oxygen atoms in total. The fraction of sp³-hybridized carbons (Fsp3) is 0.174. The lowest BCUT2D eigenvalue weighted by atomic mass is 9.98. The quantitative estimate of drug-likeness (QED) is 0.480. The smallest absolute Gasteiger partial charge is 0.245 e. The van der Waals surface area contributed by atoms with Crippen molar-refractivity contribution in [2.45, 2.75) is 12.6 Å². The first-order valence-corrected chi connectivity index (χ1v) is 8.96. The van der Waals surface area contributed by atoms with Gasteiger partial charge in [-0.15, -0.1) is 0 Å². The van der Waals surface area contributed by atoms with Gasteiger partial charge in [-0.3, -0.25) is 0 Å². The van der Waals surface area contributed by atoms with Gasteiger partial charge in [0.15, 0.2) is 17.1 Å². The van der Waals surface area contributed by atoms with Crippen LogP contribution in [0, 0.1) is 0 Å². The lowest BCUT2D eigenvalue weighted by molar-refractivity contribution is -0.673. The van der Waals surface area contributed by atoms with Gasteiger partial charge in [0.25, 0.3) is 0 Å². The van der Waals surface area contributed by atoms with Gasteiger partial charge in [-0.1, -0.05) is 72.8 Å². The molecule has 3 heteroatoms. The fourth-order valence-electron chi connectivity index (χ4n) is 3.56. The number of ether oxygens (including phenoxy) is 1. The zero-order valence-electron chi connectivity index (χ0n) is 15.0. The molecule has 0 bridgehead atoms. The Bertz CT molecular complexity index is 937. The van der Waals surface area contributed by atoms with Gasteiger partial charge in [0.05, 0.1) is 6.61 Å². The molecule has 0 saturated heterocycles. The molecule has 0 spiro atoms. The third kappa shape index (κ3) is 3.14. The van der Waals surface area contributed by atoms with Crippen LogP contribution in [0.1, 0.15) is 17.2 Å². The van der Waals surface area contributed by atoms with Crippen LogP contribution >= 0.6 is 0 Å². The fourth-order valence-corrected chi connectivity index (χ4v) is 3.56. The summed E-state index contributed by atoms with van der Waals surface area (Å²) in [7, 11) is 1.75. The predicted octanol–water partition coefficient (Wildman–Crippen LogP) is 4.21. The van der Waals surface area contributed by atoms with Crippen molar-refractivity contribution in [3.8, 4) is 0 Å². The molecule has 1 aromatic heterocycles. The molecule has 0 aliphatic carbocycles. The summed E-state index contributed by atoms with van der Waals surface area (Å²) in [5.41, 5.74) is 5.00. The zero-order chi connectivity index (χ0) is 17.8. The number of imidazole rings is 1. The lowest BCUT2D eigenvalue weighted by Crippen LogP contribution is -2.34. The third-order valence-corrected chi connectivity index (χ3v) is 4.78. The number of benzene rings is 3. The molecule has 0 fully saturated rings. The van der Waals surface area contributed by atoms with E-state index in [1.807, 2.05) is 0 Å². The van der Waals surface area contributed by atoms with Gasteiger partial charge in [-0.2, -0.15) is 0 Å². The van der Waals surface area contributed by atoms with E-state index >= 15 is 0 Å². The molecule has 0 aliphatic heterocycles. The van der Waals surface area contributed by atoms with E-state index in [1.165, 1.54) is 22.2 Å². The maximum absolute atomic E-state index is 5.30. The van der Waals surface area contributed by atoms with Crippen molar-refractivity contribution in [2.75, 3.05) is 13.7 Å². The summed E-state index contributed by atoms with van der Waals surface area (Å²) >= 11 is 0. The van der Waals surface area contributed by atoms with Crippen molar-refractivity contribution >= 4 is 11.0 Å². The Hall–Kier alpha value is -2.91. The van der Waals surface area contributed by atoms with Crippen molar-refractivity contribution in [1.82, 2.24) is 4.57 Å². The van der Waals surface area contributed by atoms with Crippen LogP contribution in [-0.2, 0) is 11.3 Å². The number of hydrogen-bond donors (Lipinski definition) is 0. The van der Waals surface area contributed by atoms with Gasteiger partial charge in [-0.25, -0.2) is 9.13 Å². The minimum absolute atomic E-state index is 0.131. The number of hydrogen-bond acceptors (Lipinski definition) is 1. The Balaban J connectivity index is 1.92. The van der Waals surface area contributed by atoms with Crippen LogP contribution in [0.5, 0.6) is 0 Å². The van der Waals surface area contributed by atoms with Crippen LogP contribution in [0.2, 0.25) is 0 Å². The minimum Gasteiger partial charge on any atom is -0.381 e. The molecule has 0 N–H and O–H groups in total. The largest absolute Gasteiger partial charge is 0.381 e. The van der Waals surface area contributed by atoms with Gasteiger partial charge in [-0.05, 0) is 12.1 Å². The maximum atomic E-state index is 5.30. The Kier molecular flexibility index (Phi) is 4.80. The highest BCUT2D eigenvalue weighted by Gasteiger charge is 2.25. The maximum Gasteiger partial charge on any atom is 0.245 e. The van der Waals surface area contributed by atoms with Gasteiger partial charge < -0.3 is 4.74 Å². The molecule has 4 aromatic rings. The third-order valence-electron chi connectivity index (χ3n) is 4.78. The lowest BCUT2D eigenvalue weighted by Gasteiger charge is -2.15. The summed E-state index contributed by atoms with van der Waals surface area (Å²) in [5.74, 6) is 0. The Morgan fingerprint density at radius 3 is 2.00 bits per heavy atom. The molecule has 1 heterocycles. The van der Waals surface area contributed by atoms with E-state index in [2.05, 4.69) is 100 Å². The van der Waals surface area contributed by atoms with Crippen molar-refractivity contribution in [2.24, 2.45) is 0 Å². The highest BCUT2D eigenvalue weighted by Crippen LogP contribution is 2.29. The number of aromatic nitrogens is 2. The van der Waals surface area contributed by atoms with E-state index in [9.17, 15) is 0 Å². The zero-order valence-corrected chi connectivity index (χ0v) is 15.0. The molecule has 0 radical (unpaired) electrons. The number of para-hydroxylation sites is 2. The number of rotatable bonds is 6. The molecule has 26 heavy (non-hydrogen) atoms. The first-order chi connectivity index (χ1) is 12.9. The number of fused-ring (bicyclic) bond motifs is 1. The second kappa shape index (κ2) is 7.54. The Morgan fingerprint density at radius 1 is 0.808 bits per heavy atom. The second-order valence-electron chi connectivity index (χ2n) is 6.42. The number of methoxy groups -OCH3 is 1. The highest BCUT2D eigenvalue weighted by molar-refractivity contribution is 5.72. The van der Waals surface area contributed by atoms with Crippen molar-refractivity contribution in [3.63, 3.8) is 0 Å². The monoisotopic (exact) mass is 343 g/mol. The molecule has 0 atom stereocenters. The molecular weight excluding hydrogens is 320 g/mol. The molecule has 0 amide bonds. The van der Waals surface area contributed by atoms with Crippen LogP contribution in [-0.4, -0.2) is 18.3 Å². The summed E-state index contributed by atoms with van der Waals surface area (Å²) in [6.07, 6.45) is 2.22. The Morgan fingerprint density at radius 2 is 1.38 bits per heavy atom. The van der Waals surface area contributed by atoms with Crippen LogP contribution in [0.25, 0.3) is 11.0 Å². The predicted molar refractivity (Wildman–Crippen MR) is 104 cm³/mol. The first kappa shape index (κ1) is 16.6. The molecular formula is C23H23N2O+. The first-order valence-electron chi connectivity index (χ1n) is 8.96. The minimum atomic E-state index is 0.131. The van der Waals surface area contributed by atoms with Crippen LogP contribution in [0.4, 0.5) is 0 Å². The molecule has 4 rings (SSSR count). The summed E-state index contributed by atoms with van der Waals surface area (Å²) in [6, 6.07) is 30.1. The van der Waals surface area contributed by atoms with E-state index in [0.29, 0.717) is 6.61 Å². The van der Waals surface area contributed by atoms with E-state index in [-0.39, 0.29) is 6.04 Å². The van der Waals surface area contributed by atoms with Crippen molar-refractivity contribution in [3.05, 3.63) is 102 Å². The normalized spacial score (nSPS) is 11.3. The van der Waals surface area contributed by atoms with Crippen molar-refractivity contribution < 1.29 is 9.30 Å². The molecule has 130 valence electrons. The van der Waals surface area contributed by atoms with Crippen LogP contribution in [0.15, 0.2) is 91.3 Å². The average Bonchev–Trinajstić information content (AvgIpc) is 3.07. The number of nitrogens with zero attached hydrogens (tertiary/aromatic N) is 2. The van der Waals surface area contributed by atoms with Crippen molar-refractivity contribution in [1.29, 1.82) is 0 Å². The SMILES string of the molecule is COCC[n+]1cn(C(c2ccccc2)c2ccccc2)c2ccccc21.